The maximum absolute atomic E-state index is 11.6. The van der Waals surface area contributed by atoms with Crippen molar-refractivity contribution in [2.24, 2.45) is 0 Å². The van der Waals surface area contributed by atoms with E-state index in [0.29, 0.717) is 12.6 Å². The largest absolute Gasteiger partial charge is 0.494 e. The van der Waals surface area contributed by atoms with Crippen LogP contribution in [0.2, 0.25) is 0 Å². The van der Waals surface area contributed by atoms with Crippen LogP contribution in [0.3, 0.4) is 0 Å². The number of hydrogen-bond acceptors (Lipinski definition) is 5. The van der Waals surface area contributed by atoms with Crippen LogP contribution in [-0.4, -0.2) is 51.9 Å². The molecule has 0 radical (unpaired) electrons. The smallest absolute Gasteiger partial charge is 0.219 e. The molecule has 4 rings (SSSR count). The molecule has 29 heavy (non-hydrogen) atoms. The summed E-state index contributed by atoms with van der Waals surface area (Å²) in [4.78, 5) is 25.6. The Bertz CT molecular complexity index is 852. The first-order valence-corrected chi connectivity index (χ1v) is 10.6. The van der Waals surface area contributed by atoms with Crippen molar-refractivity contribution in [2.75, 3.05) is 26.2 Å². The van der Waals surface area contributed by atoms with Gasteiger partial charge in [-0.1, -0.05) is 17.7 Å². The van der Waals surface area contributed by atoms with E-state index >= 15 is 0 Å². The molecular weight excluding hydrogens is 364 g/mol. The van der Waals surface area contributed by atoms with Gasteiger partial charge >= 0.3 is 0 Å². The predicted molar refractivity (Wildman–Crippen MR) is 112 cm³/mol. The van der Waals surface area contributed by atoms with Gasteiger partial charge in [0.15, 0.2) is 0 Å². The first kappa shape index (κ1) is 19.8. The number of hydrogen-bond donors (Lipinski definition) is 0. The molecule has 0 saturated carbocycles. The third-order valence-corrected chi connectivity index (χ3v) is 5.94. The third-order valence-electron chi connectivity index (χ3n) is 5.94. The van der Waals surface area contributed by atoms with E-state index in [1.165, 1.54) is 12.0 Å². The Kier molecular flexibility index (Phi) is 6.09. The highest BCUT2D eigenvalue weighted by Crippen LogP contribution is 2.30. The molecule has 1 aromatic heterocycles. The molecule has 2 aliphatic rings. The lowest BCUT2D eigenvalue weighted by atomic mass is 10.1. The van der Waals surface area contributed by atoms with Gasteiger partial charge in [0, 0.05) is 44.7 Å². The second kappa shape index (κ2) is 8.91. The highest BCUT2D eigenvalue weighted by molar-refractivity contribution is 5.73. The van der Waals surface area contributed by atoms with Crippen LogP contribution in [0, 0.1) is 6.92 Å². The summed E-state index contributed by atoms with van der Waals surface area (Å²) in [7, 11) is 0. The van der Waals surface area contributed by atoms with E-state index in [0.717, 1.165) is 68.3 Å². The molecule has 3 heterocycles. The lowest BCUT2D eigenvalue weighted by Crippen LogP contribution is -2.35. The lowest BCUT2D eigenvalue weighted by molar-refractivity contribution is -0.129. The Labute approximate surface area is 172 Å². The number of amides is 1. The van der Waals surface area contributed by atoms with Crippen molar-refractivity contribution in [1.29, 1.82) is 0 Å². The topological polar surface area (TPSA) is 58.6 Å². The second-order valence-corrected chi connectivity index (χ2v) is 8.10. The van der Waals surface area contributed by atoms with Crippen molar-refractivity contribution < 1.29 is 9.53 Å². The molecule has 1 amide bonds. The maximum atomic E-state index is 11.6. The normalized spacial score (nSPS) is 19.2. The van der Waals surface area contributed by atoms with Crippen molar-refractivity contribution in [3.63, 3.8) is 0 Å². The van der Waals surface area contributed by atoms with Crippen LogP contribution in [0.5, 0.6) is 5.75 Å². The summed E-state index contributed by atoms with van der Waals surface area (Å²) >= 11 is 0. The summed E-state index contributed by atoms with van der Waals surface area (Å²) in [6.07, 6.45) is 6.04. The van der Waals surface area contributed by atoms with Gasteiger partial charge in [0.05, 0.1) is 18.3 Å². The quantitative estimate of drug-likeness (QED) is 0.704. The van der Waals surface area contributed by atoms with Crippen molar-refractivity contribution >= 4 is 5.91 Å². The van der Waals surface area contributed by atoms with Crippen LogP contribution in [0.15, 0.2) is 30.5 Å². The number of benzene rings is 1. The van der Waals surface area contributed by atoms with Gasteiger partial charge in [-0.15, -0.1) is 0 Å². The molecule has 2 aromatic rings. The Morgan fingerprint density at radius 2 is 2.07 bits per heavy atom. The van der Waals surface area contributed by atoms with Gasteiger partial charge in [-0.3, -0.25) is 9.69 Å². The molecule has 1 aromatic carbocycles. The molecule has 1 atom stereocenters. The molecule has 1 saturated heterocycles. The van der Waals surface area contributed by atoms with Crippen LogP contribution < -0.4 is 4.74 Å². The van der Waals surface area contributed by atoms with Gasteiger partial charge in [-0.25, -0.2) is 9.97 Å². The van der Waals surface area contributed by atoms with Gasteiger partial charge in [0.2, 0.25) is 5.91 Å². The van der Waals surface area contributed by atoms with Crippen LogP contribution in [-0.2, 0) is 17.8 Å². The number of ether oxygens (including phenoxy) is 1. The van der Waals surface area contributed by atoms with E-state index in [4.69, 9.17) is 9.72 Å². The zero-order valence-corrected chi connectivity index (χ0v) is 17.4. The number of likely N-dealkylation sites (tertiary alicyclic amines) is 1. The van der Waals surface area contributed by atoms with E-state index < -0.39 is 0 Å². The minimum absolute atomic E-state index is 0.120. The Morgan fingerprint density at radius 3 is 2.86 bits per heavy atom. The summed E-state index contributed by atoms with van der Waals surface area (Å²) in [5.41, 5.74) is 3.45. The monoisotopic (exact) mass is 394 g/mol. The fourth-order valence-corrected chi connectivity index (χ4v) is 4.24. The van der Waals surface area contributed by atoms with Crippen LogP contribution in [0.1, 0.15) is 54.9 Å². The molecule has 6 nitrogen and oxygen atoms in total. The molecule has 0 N–H and O–H groups in total. The number of aryl methyl sites for hydroxylation is 1. The van der Waals surface area contributed by atoms with Crippen molar-refractivity contribution in [3.05, 3.63) is 53.1 Å². The first-order valence-electron chi connectivity index (χ1n) is 10.6. The van der Waals surface area contributed by atoms with Gasteiger partial charge in [0.1, 0.15) is 11.6 Å². The Hall–Kier alpha value is -2.47. The van der Waals surface area contributed by atoms with Crippen LogP contribution >= 0.6 is 0 Å². The Balaban J connectivity index is 1.32. The lowest BCUT2D eigenvalue weighted by Gasteiger charge is -2.28. The Morgan fingerprint density at radius 1 is 1.24 bits per heavy atom. The average molecular weight is 395 g/mol. The zero-order chi connectivity index (χ0) is 20.2. The van der Waals surface area contributed by atoms with E-state index in [9.17, 15) is 4.79 Å². The van der Waals surface area contributed by atoms with Crippen LogP contribution in [0.4, 0.5) is 0 Å². The number of rotatable bonds is 6. The number of carbonyl (C=O) groups excluding carboxylic acids is 1. The standard InChI is InChI=1S/C23H30N4O2/c1-17-6-8-20(9-7-17)29-14-4-12-26-11-3-5-22(26)23-24-15-19-16-27(18(2)28)13-10-21(19)25-23/h6-9,15,22H,3-5,10-14,16H2,1-2H3/t22-/m0/s1. The van der Waals surface area contributed by atoms with Gasteiger partial charge in [-0.05, 0) is 44.9 Å². The highest BCUT2D eigenvalue weighted by Gasteiger charge is 2.29. The summed E-state index contributed by atoms with van der Waals surface area (Å²) in [6.45, 7) is 7.90. The fraction of sp³-hybridized carbons (Fsp3) is 0.522. The minimum atomic E-state index is 0.120. The molecule has 0 aliphatic carbocycles. The molecule has 2 aliphatic heterocycles. The molecule has 0 spiro atoms. The predicted octanol–water partition coefficient (Wildman–Crippen LogP) is 3.30. The molecule has 0 bridgehead atoms. The summed E-state index contributed by atoms with van der Waals surface area (Å²) < 4.78 is 5.88. The number of carbonyl (C=O) groups is 1. The van der Waals surface area contributed by atoms with E-state index in [2.05, 4.69) is 28.9 Å². The molecule has 6 heteroatoms. The molecule has 0 unspecified atom stereocenters. The SMILES string of the molecule is CC(=O)N1CCc2nc([C@@H]3CCCN3CCCOc3ccc(C)cc3)ncc2C1. The summed E-state index contributed by atoms with van der Waals surface area (Å²) in [5, 5.41) is 0. The van der Waals surface area contributed by atoms with Crippen molar-refractivity contribution in [1.82, 2.24) is 19.8 Å². The van der Waals surface area contributed by atoms with Gasteiger partial charge in [0.25, 0.3) is 0 Å². The van der Waals surface area contributed by atoms with Gasteiger partial charge in [-0.2, -0.15) is 0 Å². The third kappa shape index (κ3) is 4.75. The molecule has 1 fully saturated rings. The van der Waals surface area contributed by atoms with E-state index in [1.54, 1.807) is 6.92 Å². The van der Waals surface area contributed by atoms with Crippen molar-refractivity contribution in [2.45, 2.75) is 52.1 Å². The fourth-order valence-electron chi connectivity index (χ4n) is 4.24. The first-order chi connectivity index (χ1) is 14.1. The number of fused-ring (bicyclic) bond motifs is 1. The maximum Gasteiger partial charge on any atom is 0.219 e. The van der Waals surface area contributed by atoms with E-state index in [1.807, 2.05) is 23.2 Å². The van der Waals surface area contributed by atoms with Crippen LogP contribution in [0.25, 0.3) is 0 Å². The summed E-state index contributed by atoms with van der Waals surface area (Å²) in [6, 6.07) is 8.51. The van der Waals surface area contributed by atoms with Gasteiger partial charge < -0.3 is 9.64 Å². The molecule has 154 valence electrons. The number of aromatic nitrogens is 2. The van der Waals surface area contributed by atoms with Crippen molar-refractivity contribution in [3.8, 4) is 5.75 Å². The minimum Gasteiger partial charge on any atom is -0.494 e. The number of nitrogens with zero attached hydrogens (tertiary/aromatic N) is 4. The average Bonchev–Trinajstić information content (AvgIpc) is 3.20. The second-order valence-electron chi connectivity index (χ2n) is 8.10. The summed E-state index contributed by atoms with van der Waals surface area (Å²) in [5.74, 6) is 2.00. The van der Waals surface area contributed by atoms with E-state index in [-0.39, 0.29) is 5.91 Å². The molecular formula is C23H30N4O2. The highest BCUT2D eigenvalue weighted by atomic mass is 16.5. The zero-order valence-electron chi connectivity index (χ0n) is 17.4.